The van der Waals surface area contributed by atoms with Gasteiger partial charge in [-0.25, -0.2) is 0 Å². The fourth-order valence-corrected chi connectivity index (χ4v) is 0.901. The molecule has 0 saturated carbocycles. The summed E-state index contributed by atoms with van der Waals surface area (Å²) < 4.78 is 0.993. The number of hydrogen-bond donors (Lipinski definition) is 0. The maximum absolute atomic E-state index is 3.67. The van der Waals surface area contributed by atoms with E-state index in [1.54, 1.807) is 16.8 Å². The van der Waals surface area contributed by atoms with Gasteiger partial charge in [-0.05, 0) is 22.6 Å². The third-order valence-corrected chi connectivity index (χ3v) is 1.79. The van der Waals surface area contributed by atoms with Crippen molar-refractivity contribution in [2.24, 2.45) is 0 Å². The Hall–Kier alpha value is 0.290. The van der Waals surface area contributed by atoms with Crippen LogP contribution in [0.15, 0.2) is 5.51 Å². The predicted octanol–water partition coefficient (Wildman–Crippen LogP) is 1.14. The highest BCUT2D eigenvalue weighted by atomic mass is 127. The lowest BCUT2D eigenvalue weighted by molar-refractivity contribution is 1.07. The lowest BCUT2D eigenvalue weighted by Crippen LogP contribution is -1.62. The van der Waals surface area contributed by atoms with Gasteiger partial charge in [-0.1, -0.05) is 11.3 Å². The Bertz CT molecular complexity index is 115. The summed E-state index contributed by atoms with van der Waals surface area (Å²) in [5, 5.41) is 7.25. The van der Waals surface area contributed by atoms with Gasteiger partial charge in [0.05, 0.1) is 0 Å². The molecule has 0 aliphatic carbocycles. The molecule has 0 bridgehead atoms. The molecule has 0 aliphatic heterocycles. The van der Waals surface area contributed by atoms with Crippen LogP contribution in [0.5, 0.6) is 0 Å². The van der Waals surface area contributed by atoms with Gasteiger partial charge in [-0.3, -0.25) is 0 Å². The molecule has 32 valence electrons. The van der Waals surface area contributed by atoms with E-state index in [-0.39, 0.29) is 0 Å². The molecule has 1 aromatic heterocycles. The Labute approximate surface area is 52.7 Å². The van der Waals surface area contributed by atoms with E-state index in [0.717, 1.165) is 3.01 Å². The molecule has 2 nitrogen and oxygen atoms in total. The number of nitrogens with zero attached hydrogens (tertiary/aromatic N) is 2. The minimum Gasteiger partial charge on any atom is -0.146 e. The average Bonchev–Trinajstić information content (AvgIpc) is 1.86. The zero-order valence-corrected chi connectivity index (χ0v) is 5.73. The molecule has 1 aromatic rings. The molecule has 0 unspecified atom stereocenters. The second kappa shape index (κ2) is 1.83. The summed E-state index contributed by atoms with van der Waals surface area (Å²) in [5.41, 5.74) is 1.71. The highest BCUT2D eigenvalue weighted by Gasteiger charge is 1.80. The van der Waals surface area contributed by atoms with Crippen LogP contribution in [0.3, 0.4) is 0 Å². The van der Waals surface area contributed by atoms with Gasteiger partial charge in [-0.2, -0.15) is 0 Å². The van der Waals surface area contributed by atoms with Crippen LogP contribution >= 0.6 is 33.9 Å². The van der Waals surface area contributed by atoms with Crippen molar-refractivity contribution in [3.63, 3.8) is 0 Å². The molecule has 0 fully saturated rings. The third-order valence-electron chi connectivity index (χ3n) is 0.333. The maximum atomic E-state index is 3.67. The van der Waals surface area contributed by atoms with Crippen LogP contribution in [0.25, 0.3) is 0 Å². The monoisotopic (exact) mass is 212 g/mol. The molecule has 0 aromatic carbocycles. The molecule has 0 saturated heterocycles. The van der Waals surface area contributed by atoms with Gasteiger partial charge in [-0.15, -0.1) is 10.2 Å². The first-order valence-corrected chi connectivity index (χ1v) is 3.27. The SMILES string of the molecule is Ic1nncs1. The van der Waals surface area contributed by atoms with Gasteiger partial charge in [0, 0.05) is 0 Å². The van der Waals surface area contributed by atoms with E-state index < -0.39 is 0 Å². The molecule has 1 heterocycles. The van der Waals surface area contributed by atoms with E-state index in [0.29, 0.717) is 0 Å². The number of rotatable bonds is 0. The summed E-state index contributed by atoms with van der Waals surface area (Å²) in [6.07, 6.45) is 0. The van der Waals surface area contributed by atoms with E-state index in [4.69, 9.17) is 0 Å². The van der Waals surface area contributed by atoms with Crippen LogP contribution in [0.4, 0.5) is 0 Å². The van der Waals surface area contributed by atoms with Crippen molar-refractivity contribution in [2.75, 3.05) is 0 Å². The molecule has 6 heavy (non-hydrogen) atoms. The van der Waals surface area contributed by atoms with Crippen molar-refractivity contribution >= 4 is 33.9 Å². The second-order valence-corrected chi connectivity index (χ2v) is 3.28. The number of halogens is 1. The highest BCUT2D eigenvalue weighted by molar-refractivity contribution is 14.1. The first-order valence-electron chi connectivity index (χ1n) is 1.31. The summed E-state index contributed by atoms with van der Waals surface area (Å²) in [4.78, 5) is 0. The first-order chi connectivity index (χ1) is 2.89. The van der Waals surface area contributed by atoms with Crippen molar-refractivity contribution < 1.29 is 0 Å². The smallest absolute Gasteiger partial charge is 0.146 e. The van der Waals surface area contributed by atoms with Crippen LogP contribution in [0.2, 0.25) is 0 Å². The molecular weight excluding hydrogens is 211 g/mol. The van der Waals surface area contributed by atoms with Gasteiger partial charge in [0.25, 0.3) is 0 Å². The summed E-state index contributed by atoms with van der Waals surface area (Å²) in [7, 11) is 0. The molecule has 0 N–H and O–H groups in total. The van der Waals surface area contributed by atoms with Crippen molar-refractivity contribution in [2.45, 2.75) is 0 Å². The highest BCUT2D eigenvalue weighted by Crippen LogP contribution is 2.02. The van der Waals surface area contributed by atoms with Crippen molar-refractivity contribution in [3.8, 4) is 0 Å². The maximum Gasteiger partial charge on any atom is 0.177 e. The summed E-state index contributed by atoms with van der Waals surface area (Å²) in [6.45, 7) is 0. The molecule has 0 radical (unpaired) electrons. The lowest BCUT2D eigenvalue weighted by Gasteiger charge is -1.58. The molecule has 1 rings (SSSR count). The Morgan fingerprint density at radius 3 is 2.83 bits per heavy atom. The van der Waals surface area contributed by atoms with Crippen LogP contribution in [0, 0.1) is 3.01 Å². The lowest BCUT2D eigenvalue weighted by atomic mass is 11.6. The molecule has 0 atom stereocenters. The standard InChI is InChI=1S/C2HIN2S/c3-2-5-4-1-6-2/h1H. The Balaban J connectivity index is 3.05. The predicted molar refractivity (Wildman–Crippen MR) is 32.6 cm³/mol. The Morgan fingerprint density at radius 1 is 1.83 bits per heavy atom. The largest absolute Gasteiger partial charge is 0.177 e. The minimum absolute atomic E-state index is 0.993. The van der Waals surface area contributed by atoms with E-state index in [2.05, 4.69) is 32.8 Å². The van der Waals surface area contributed by atoms with Gasteiger partial charge in [0.2, 0.25) is 0 Å². The van der Waals surface area contributed by atoms with E-state index in [1.165, 1.54) is 0 Å². The van der Waals surface area contributed by atoms with Crippen molar-refractivity contribution in [3.05, 3.63) is 8.52 Å². The average molecular weight is 212 g/mol. The summed E-state index contributed by atoms with van der Waals surface area (Å²) in [6, 6.07) is 0. The quantitative estimate of drug-likeness (QED) is 0.602. The van der Waals surface area contributed by atoms with E-state index in [1.807, 2.05) is 0 Å². The number of aromatic nitrogens is 2. The van der Waals surface area contributed by atoms with Crippen molar-refractivity contribution in [1.82, 2.24) is 10.2 Å². The van der Waals surface area contributed by atoms with Gasteiger partial charge < -0.3 is 0 Å². The molecule has 0 amide bonds. The Morgan fingerprint density at radius 2 is 2.67 bits per heavy atom. The molecular formula is C2HIN2S. The van der Waals surface area contributed by atoms with Gasteiger partial charge in [0.1, 0.15) is 5.51 Å². The summed E-state index contributed by atoms with van der Waals surface area (Å²) in [5.74, 6) is 0. The van der Waals surface area contributed by atoms with Crippen molar-refractivity contribution in [1.29, 1.82) is 0 Å². The van der Waals surface area contributed by atoms with Crippen LogP contribution in [-0.4, -0.2) is 10.2 Å². The summed E-state index contributed by atoms with van der Waals surface area (Å²) >= 11 is 3.66. The second-order valence-electron chi connectivity index (χ2n) is 0.692. The fourth-order valence-electron chi connectivity index (χ4n) is 0.160. The fraction of sp³-hybridized carbons (Fsp3) is 0. The van der Waals surface area contributed by atoms with Crippen LogP contribution < -0.4 is 0 Å². The molecule has 0 aliphatic rings. The normalized spacial score (nSPS) is 8.83. The molecule has 0 spiro atoms. The third kappa shape index (κ3) is 0.874. The zero-order valence-electron chi connectivity index (χ0n) is 2.76. The first kappa shape index (κ1) is 4.45. The van der Waals surface area contributed by atoms with Gasteiger partial charge in [0.15, 0.2) is 3.01 Å². The van der Waals surface area contributed by atoms with Crippen LogP contribution in [0.1, 0.15) is 0 Å². The Kier molecular flexibility index (Phi) is 1.36. The topological polar surface area (TPSA) is 25.8 Å². The van der Waals surface area contributed by atoms with Gasteiger partial charge >= 0.3 is 0 Å². The number of hydrogen-bond acceptors (Lipinski definition) is 3. The van der Waals surface area contributed by atoms with Crippen LogP contribution in [-0.2, 0) is 0 Å². The minimum atomic E-state index is 0.993. The van der Waals surface area contributed by atoms with E-state index >= 15 is 0 Å². The van der Waals surface area contributed by atoms with E-state index in [9.17, 15) is 0 Å². The zero-order chi connectivity index (χ0) is 4.41. The molecule has 4 heteroatoms.